The molecule has 3 rings (SSSR count). The van der Waals surface area contributed by atoms with E-state index in [0.29, 0.717) is 18.4 Å². The molecule has 0 radical (unpaired) electrons. The number of carbonyl (C=O) groups is 2. The van der Waals surface area contributed by atoms with Gasteiger partial charge in [-0.05, 0) is 45.2 Å². The van der Waals surface area contributed by atoms with Gasteiger partial charge in [-0.1, -0.05) is 6.08 Å². The predicted molar refractivity (Wildman–Crippen MR) is 84.4 cm³/mol. The maximum atomic E-state index is 11.8. The molecule has 6 heteroatoms. The normalized spacial score (nSPS) is 27.5. The molecule has 0 aromatic rings. The van der Waals surface area contributed by atoms with Gasteiger partial charge in [-0.3, -0.25) is 4.79 Å². The molecule has 3 aliphatic rings. The highest BCUT2D eigenvalue weighted by Gasteiger charge is 2.43. The van der Waals surface area contributed by atoms with Gasteiger partial charge in [0.1, 0.15) is 0 Å². The topological polar surface area (TPSA) is 61.9 Å². The Morgan fingerprint density at radius 2 is 2.14 bits per heavy atom. The second kappa shape index (κ2) is 7.63. The largest absolute Gasteiger partial charge is 0.453 e. The van der Waals surface area contributed by atoms with Crippen LogP contribution >= 0.6 is 0 Å². The van der Waals surface area contributed by atoms with Crippen molar-refractivity contribution in [3.8, 4) is 0 Å². The minimum atomic E-state index is -0.239. The van der Waals surface area contributed by atoms with Crippen LogP contribution in [0.3, 0.4) is 0 Å². The van der Waals surface area contributed by atoms with Crippen LogP contribution in [0, 0.1) is 11.8 Å². The number of carbonyl (C=O) groups excluding carboxylic acids is 2. The lowest BCUT2D eigenvalue weighted by molar-refractivity contribution is -0.117. The highest BCUT2D eigenvalue weighted by molar-refractivity contribution is 5.87. The summed E-state index contributed by atoms with van der Waals surface area (Å²) in [6.45, 7) is 2.17. The summed E-state index contributed by atoms with van der Waals surface area (Å²) in [5.74, 6) is 0.806. The molecule has 3 fully saturated rings. The summed E-state index contributed by atoms with van der Waals surface area (Å²) in [5.41, 5.74) is 0. The average Bonchev–Trinajstić information content (AvgIpc) is 2.52. The molecule has 1 aliphatic carbocycles. The lowest BCUT2D eigenvalue weighted by atomic mass is 9.73. The van der Waals surface area contributed by atoms with Gasteiger partial charge in [0, 0.05) is 31.8 Å². The Bertz CT molecular complexity index is 436. The number of piperidine rings is 2. The second-order valence-electron chi connectivity index (χ2n) is 6.54. The van der Waals surface area contributed by atoms with Gasteiger partial charge in [0.15, 0.2) is 0 Å². The van der Waals surface area contributed by atoms with E-state index in [1.165, 1.54) is 13.5 Å². The highest BCUT2D eigenvalue weighted by Crippen LogP contribution is 2.39. The Morgan fingerprint density at radius 1 is 1.36 bits per heavy atom. The number of nitrogens with one attached hydrogen (secondary N) is 1. The molecular weight excluding hydrogens is 282 g/mol. The van der Waals surface area contributed by atoms with Crippen LogP contribution in [0.15, 0.2) is 12.2 Å². The molecule has 3 unspecified atom stereocenters. The number of amides is 2. The smallest absolute Gasteiger partial charge is 0.409 e. The van der Waals surface area contributed by atoms with Gasteiger partial charge >= 0.3 is 6.09 Å². The van der Waals surface area contributed by atoms with Crippen molar-refractivity contribution in [2.45, 2.75) is 25.3 Å². The molecule has 1 N–H and O–H groups in total. The molecule has 1 saturated carbocycles. The van der Waals surface area contributed by atoms with Gasteiger partial charge < -0.3 is 19.9 Å². The summed E-state index contributed by atoms with van der Waals surface area (Å²) in [5, 5.41) is 2.97. The van der Waals surface area contributed by atoms with E-state index < -0.39 is 0 Å². The molecule has 2 bridgehead atoms. The van der Waals surface area contributed by atoms with Gasteiger partial charge in [0.25, 0.3) is 0 Å². The molecule has 3 atom stereocenters. The van der Waals surface area contributed by atoms with E-state index in [4.69, 9.17) is 4.74 Å². The molecule has 6 nitrogen and oxygen atoms in total. The number of methoxy groups -OCH3 is 1. The second-order valence-corrected chi connectivity index (χ2v) is 6.54. The van der Waals surface area contributed by atoms with Gasteiger partial charge in [-0.15, -0.1) is 0 Å². The van der Waals surface area contributed by atoms with Gasteiger partial charge in [-0.25, -0.2) is 4.79 Å². The number of rotatable bonds is 5. The first kappa shape index (κ1) is 16.8. The van der Waals surface area contributed by atoms with E-state index in [0.717, 1.165) is 25.9 Å². The van der Waals surface area contributed by atoms with Crippen molar-refractivity contribution in [3.05, 3.63) is 12.2 Å². The lowest BCUT2D eigenvalue weighted by Crippen LogP contribution is -2.57. The third kappa shape index (κ3) is 4.22. The van der Waals surface area contributed by atoms with Crippen LogP contribution in [-0.4, -0.2) is 68.7 Å². The zero-order valence-corrected chi connectivity index (χ0v) is 13.7. The molecule has 2 saturated heterocycles. The van der Waals surface area contributed by atoms with Gasteiger partial charge in [0.05, 0.1) is 7.11 Å². The first-order valence-corrected chi connectivity index (χ1v) is 7.95. The number of ether oxygens (including phenoxy) is 1. The molecule has 22 heavy (non-hydrogen) atoms. The molecule has 2 amide bonds. The quantitative estimate of drug-likeness (QED) is 0.772. The summed E-state index contributed by atoms with van der Waals surface area (Å²) < 4.78 is 4.88. The molecule has 2 heterocycles. The van der Waals surface area contributed by atoms with Crippen molar-refractivity contribution in [1.82, 2.24) is 15.1 Å². The standard InChI is InChI=1S/C16H27N3O3/c1-18(2)8-4-5-15(20)17-10-13-9-12-6-7-14(13)19(11-12)16(21)22-3/h4-5,12-14H,6-11H2,1-3H3,(H,17,20)/b5-4+. The average molecular weight is 309 g/mol. The van der Waals surface area contributed by atoms with Crippen molar-refractivity contribution < 1.29 is 14.3 Å². The Balaban J connectivity index is 1.84. The van der Waals surface area contributed by atoms with Crippen LogP contribution in [0.2, 0.25) is 0 Å². The van der Waals surface area contributed by atoms with E-state index in [1.807, 2.05) is 30.0 Å². The molecule has 0 aromatic heterocycles. The van der Waals surface area contributed by atoms with Crippen LogP contribution in [0.25, 0.3) is 0 Å². The third-order valence-corrected chi connectivity index (χ3v) is 4.59. The monoisotopic (exact) mass is 309 g/mol. The van der Waals surface area contributed by atoms with Crippen molar-refractivity contribution >= 4 is 12.0 Å². The van der Waals surface area contributed by atoms with Gasteiger partial charge in [0.2, 0.25) is 5.91 Å². The summed E-state index contributed by atoms with van der Waals surface area (Å²) in [6, 6.07) is 0.198. The summed E-state index contributed by atoms with van der Waals surface area (Å²) >= 11 is 0. The van der Waals surface area contributed by atoms with Crippen molar-refractivity contribution in [1.29, 1.82) is 0 Å². The first-order valence-electron chi connectivity index (χ1n) is 7.95. The van der Waals surface area contributed by atoms with Crippen molar-refractivity contribution in [2.75, 3.05) is 40.8 Å². The van der Waals surface area contributed by atoms with Crippen molar-refractivity contribution in [3.63, 3.8) is 0 Å². The summed E-state index contributed by atoms with van der Waals surface area (Å²) in [4.78, 5) is 27.5. The SMILES string of the molecule is COC(=O)N1CC2CCC1C(CNC(=O)/C=C/CN(C)C)C2. The first-order chi connectivity index (χ1) is 10.5. The minimum Gasteiger partial charge on any atom is -0.453 e. The van der Waals surface area contributed by atoms with E-state index in [2.05, 4.69) is 5.32 Å². The third-order valence-electron chi connectivity index (χ3n) is 4.59. The Morgan fingerprint density at radius 3 is 2.77 bits per heavy atom. The Hall–Kier alpha value is -1.56. The number of likely N-dealkylation sites (N-methyl/N-ethyl adjacent to an activating group) is 1. The molecule has 124 valence electrons. The van der Waals surface area contributed by atoms with Gasteiger partial charge in [-0.2, -0.15) is 0 Å². The summed E-state index contributed by atoms with van der Waals surface area (Å²) in [7, 11) is 5.35. The zero-order chi connectivity index (χ0) is 16.1. The fourth-order valence-electron chi connectivity index (χ4n) is 3.54. The van der Waals surface area contributed by atoms with Crippen LogP contribution < -0.4 is 5.32 Å². The minimum absolute atomic E-state index is 0.0621. The number of hydrogen-bond acceptors (Lipinski definition) is 4. The molecule has 0 spiro atoms. The fourth-order valence-corrected chi connectivity index (χ4v) is 3.54. The predicted octanol–water partition coefficient (Wildman–Crippen LogP) is 1.09. The maximum Gasteiger partial charge on any atom is 0.409 e. The van der Waals surface area contributed by atoms with Crippen molar-refractivity contribution in [2.24, 2.45) is 11.8 Å². The molecular formula is C16H27N3O3. The number of hydrogen-bond donors (Lipinski definition) is 1. The number of nitrogens with zero attached hydrogens (tertiary/aromatic N) is 2. The van der Waals surface area contributed by atoms with E-state index in [-0.39, 0.29) is 18.0 Å². The highest BCUT2D eigenvalue weighted by atomic mass is 16.5. The van der Waals surface area contributed by atoms with Crippen LogP contribution in [0.5, 0.6) is 0 Å². The lowest BCUT2D eigenvalue weighted by Gasteiger charge is -2.49. The van der Waals surface area contributed by atoms with E-state index >= 15 is 0 Å². The fraction of sp³-hybridized carbons (Fsp3) is 0.750. The van der Waals surface area contributed by atoms with E-state index in [1.54, 1.807) is 6.08 Å². The van der Waals surface area contributed by atoms with Crippen LogP contribution in [0.1, 0.15) is 19.3 Å². The molecule has 2 aliphatic heterocycles. The van der Waals surface area contributed by atoms with Crippen LogP contribution in [0.4, 0.5) is 4.79 Å². The maximum absolute atomic E-state index is 11.8. The summed E-state index contributed by atoms with van der Waals surface area (Å²) in [6.07, 6.45) is 6.46. The van der Waals surface area contributed by atoms with E-state index in [9.17, 15) is 9.59 Å². The molecule has 0 aromatic carbocycles. The zero-order valence-electron chi connectivity index (χ0n) is 13.7. The Labute approximate surface area is 132 Å². The number of fused-ring (bicyclic) bond motifs is 3. The Kier molecular flexibility index (Phi) is 5.83. The van der Waals surface area contributed by atoms with Crippen LogP contribution in [-0.2, 0) is 9.53 Å².